The summed E-state index contributed by atoms with van der Waals surface area (Å²) < 4.78 is 0. The summed E-state index contributed by atoms with van der Waals surface area (Å²) >= 11 is 0. The lowest BCUT2D eigenvalue weighted by atomic mass is 9.77. The van der Waals surface area contributed by atoms with Gasteiger partial charge < -0.3 is 25.7 Å². The monoisotopic (exact) mass is 504 g/mol. The van der Waals surface area contributed by atoms with E-state index in [2.05, 4.69) is 27.4 Å². The van der Waals surface area contributed by atoms with Gasteiger partial charge in [-0.05, 0) is 43.5 Å². The number of unbranched alkanes of at least 4 members (excludes halogenated alkanes) is 2. The second-order valence-electron chi connectivity index (χ2n) is 9.68. The maximum Gasteiger partial charge on any atom is 0.221 e. The predicted octanol–water partition coefficient (Wildman–Crippen LogP) is 4.41. The standard InChI is InChI=1S/C29H36N4O4/c1-4-5-6-13-30-20-9-11-22(24(16-20)31-18(2)34)26-28(36)27(29(26)37)23-12-10-21(33-14-7-8-15-33)17-25(23)32-19(3)35/h9-12,16-17,28,36-37H,4-8,13-15H2,1-3H3,(H,31,34)(H,32,35)/b26-22+,30-20?. The van der Waals surface area contributed by atoms with E-state index in [1.807, 2.05) is 24.3 Å². The average Bonchev–Trinajstić information content (AvgIpc) is 3.39. The SMILES string of the molecule is CCCCCN=C1C=C/C(=C2\C(O)=C(c3ccc(N4CCCC4)cc3NC(C)=O)C2O)C(NC(C)=O)=C1. The number of aliphatic hydroxyl groups is 2. The molecule has 0 aromatic heterocycles. The molecule has 1 aromatic rings. The summed E-state index contributed by atoms with van der Waals surface area (Å²) in [7, 11) is 0. The van der Waals surface area contributed by atoms with E-state index in [1.54, 1.807) is 12.2 Å². The van der Waals surface area contributed by atoms with Crippen LogP contribution in [0.25, 0.3) is 5.57 Å². The first-order chi connectivity index (χ1) is 17.8. The number of carbonyl (C=O) groups excluding carboxylic acids is 2. The van der Waals surface area contributed by atoms with Crippen LogP contribution in [0.5, 0.6) is 0 Å². The van der Waals surface area contributed by atoms with Gasteiger partial charge in [0.05, 0.1) is 17.1 Å². The topological polar surface area (TPSA) is 114 Å². The third-order valence-corrected chi connectivity index (χ3v) is 6.79. The van der Waals surface area contributed by atoms with Crippen molar-refractivity contribution in [2.45, 2.75) is 59.0 Å². The van der Waals surface area contributed by atoms with Crippen molar-refractivity contribution in [1.82, 2.24) is 5.32 Å². The Hall–Kier alpha value is -3.65. The van der Waals surface area contributed by atoms with Crippen LogP contribution in [0.2, 0.25) is 0 Å². The van der Waals surface area contributed by atoms with Crippen LogP contribution < -0.4 is 15.5 Å². The Labute approximate surface area is 218 Å². The van der Waals surface area contributed by atoms with Crippen molar-refractivity contribution in [2.24, 2.45) is 4.99 Å². The Bertz CT molecular complexity index is 1230. The molecule has 8 heteroatoms. The molecule has 2 aliphatic carbocycles. The van der Waals surface area contributed by atoms with Gasteiger partial charge in [0.15, 0.2) is 0 Å². The number of aliphatic hydroxyl groups excluding tert-OH is 2. The normalized spacial score (nSPS) is 22.3. The van der Waals surface area contributed by atoms with Crippen molar-refractivity contribution < 1.29 is 19.8 Å². The number of nitrogens with zero attached hydrogens (tertiary/aromatic N) is 2. The number of anilines is 2. The first-order valence-electron chi connectivity index (χ1n) is 13.0. The molecule has 8 nitrogen and oxygen atoms in total. The van der Waals surface area contributed by atoms with E-state index < -0.39 is 6.10 Å². The Morgan fingerprint density at radius 2 is 1.78 bits per heavy atom. The van der Waals surface area contributed by atoms with Crippen LogP contribution in [0.3, 0.4) is 0 Å². The van der Waals surface area contributed by atoms with Gasteiger partial charge in [-0.25, -0.2) is 0 Å². The Morgan fingerprint density at radius 3 is 2.43 bits per heavy atom. The summed E-state index contributed by atoms with van der Waals surface area (Å²) in [6.07, 6.45) is 9.72. The molecule has 1 aromatic carbocycles. The second kappa shape index (κ2) is 11.6. The summed E-state index contributed by atoms with van der Waals surface area (Å²) in [5, 5.41) is 28.0. The number of carbonyl (C=O) groups is 2. The second-order valence-corrected chi connectivity index (χ2v) is 9.68. The molecule has 1 heterocycles. The first kappa shape index (κ1) is 26.4. The molecule has 4 N–H and O–H groups in total. The molecule has 196 valence electrons. The fourth-order valence-corrected chi connectivity index (χ4v) is 4.98. The van der Waals surface area contributed by atoms with Crippen LogP contribution in [0.1, 0.15) is 58.4 Å². The van der Waals surface area contributed by atoms with Gasteiger partial charge in [-0.15, -0.1) is 0 Å². The van der Waals surface area contributed by atoms with Gasteiger partial charge in [0.2, 0.25) is 11.8 Å². The Balaban J connectivity index is 1.70. The van der Waals surface area contributed by atoms with E-state index in [-0.39, 0.29) is 17.6 Å². The van der Waals surface area contributed by atoms with Crippen LogP contribution in [0.15, 0.2) is 64.0 Å². The molecule has 1 unspecified atom stereocenters. The molecule has 2 amide bonds. The predicted molar refractivity (Wildman–Crippen MR) is 148 cm³/mol. The van der Waals surface area contributed by atoms with E-state index in [0.29, 0.717) is 40.2 Å². The van der Waals surface area contributed by atoms with E-state index in [0.717, 1.165) is 56.6 Å². The zero-order valence-electron chi connectivity index (χ0n) is 21.8. The fraction of sp³-hybridized carbons (Fsp3) is 0.414. The van der Waals surface area contributed by atoms with Crippen molar-refractivity contribution >= 4 is 34.5 Å². The summed E-state index contributed by atoms with van der Waals surface area (Å²) in [4.78, 5) is 30.7. The highest BCUT2D eigenvalue weighted by molar-refractivity contribution is 6.08. The molecule has 0 spiro atoms. The molecule has 4 rings (SSSR count). The number of benzene rings is 1. The minimum absolute atomic E-state index is 0.0627. The van der Waals surface area contributed by atoms with Crippen LogP contribution in [0.4, 0.5) is 11.4 Å². The molecule has 1 atom stereocenters. The minimum Gasteiger partial charge on any atom is -0.507 e. The first-order valence-corrected chi connectivity index (χ1v) is 13.0. The lowest BCUT2D eigenvalue weighted by molar-refractivity contribution is -0.118. The smallest absolute Gasteiger partial charge is 0.221 e. The number of rotatable bonds is 8. The van der Waals surface area contributed by atoms with Crippen LogP contribution in [0, 0.1) is 0 Å². The van der Waals surface area contributed by atoms with Crippen LogP contribution in [-0.4, -0.2) is 53.5 Å². The third kappa shape index (κ3) is 5.85. The van der Waals surface area contributed by atoms with Crippen LogP contribution in [-0.2, 0) is 9.59 Å². The van der Waals surface area contributed by atoms with Crippen molar-refractivity contribution in [2.75, 3.05) is 29.9 Å². The Morgan fingerprint density at radius 1 is 1.05 bits per heavy atom. The molecule has 1 fully saturated rings. The van der Waals surface area contributed by atoms with Gasteiger partial charge in [0, 0.05) is 61.5 Å². The highest BCUT2D eigenvalue weighted by Crippen LogP contribution is 2.46. The molecule has 1 aliphatic heterocycles. The fourth-order valence-electron chi connectivity index (χ4n) is 4.98. The summed E-state index contributed by atoms with van der Waals surface area (Å²) in [5.74, 6) is -0.552. The molecule has 3 aliphatic rings. The van der Waals surface area contributed by atoms with Gasteiger partial charge in [-0.1, -0.05) is 31.9 Å². The largest absolute Gasteiger partial charge is 0.507 e. The maximum atomic E-state index is 11.9. The molecule has 37 heavy (non-hydrogen) atoms. The van der Waals surface area contributed by atoms with Crippen molar-refractivity contribution in [3.05, 3.63) is 64.6 Å². The van der Waals surface area contributed by atoms with E-state index in [9.17, 15) is 19.8 Å². The highest BCUT2D eigenvalue weighted by Gasteiger charge is 2.39. The lowest BCUT2D eigenvalue weighted by Gasteiger charge is -2.34. The third-order valence-electron chi connectivity index (χ3n) is 6.79. The number of hydrogen-bond acceptors (Lipinski definition) is 6. The van der Waals surface area contributed by atoms with Crippen LogP contribution >= 0.6 is 0 Å². The van der Waals surface area contributed by atoms with E-state index in [1.165, 1.54) is 13.8 Å². The number of hydrogen-bond donors (Lipinski definition) is 4. The molecule has 0 bridgehead atoms. The van der Waals surface area contributed by atoms with Gasteiger partial charge >= 0.3 is 0 Å². The van der Waals surface area contributed by atoms with Gasteiger partial charge in [-0.3, -0.25) is 14.6 Å². The number of nitrogens with one attached hydrogen (secondary N) is 2. The molecule has 0 radical (unpaired) electrons. The van der Waals surface area contributed by atoms with Crippen molar-refractivity contribution in [1.29, 1.82) is 0 Å². The lowest BCUT2D eigenvalue weighted by Crippen LogP contribution is -2.32. The quantitative estimate of drug-likeness (QED) is 0.392. The summed E-state index contributed by atoms with van der Waals surface area (Å²) in [5.41, 5.74) is 4.51. The zero-order valence-corrected chi connectivity index (χ0v) is 21.8. The molecular weight excluding hydrogens is 468 g/mol. The Kier molecular flexibility index (Phi) is 8.28. The molecular formula is C29H36N4O4. The van der Waals surface area contributed by atoms with E-state index >= 15 is 0 Å². The number of allylic oxidation sites excluding steroid dienone is 3. The summed E-state index contributed by atoms with van der Waals surface area (Å²) in [6, 6.07) is 5.68. The average molecular weight is 505 g/mol. The van der Waals surface area contributed by atoms with E-state index in [4.69, 9.17) is 0 Å². The summed E-state index contributed by atoms with van der Waals surface area (Å²) in [6.45, 7) is 7.60. The molecule has 1 saturated heterocycles. The molecule has 0 saturated carbocycles. The van der Waals surface area contributed by atoms with Crippen molar-refractivity contribution in [3.63, 3.8) is 0 Å². The van der Waals surface area contributed by atoms with Gasteiger partial charge in [0.25, 0.3) is 0 Å². The maximum absolute atomic E-state index is 11.9. The minimum atomic E-state index is -1.09. The van der Waals surface area contributed by atoms with Gasteiger partial charge in [-0.2, -0.15) is 0 Å². The zero-order chi connectivity index (χ0) is 26.5. The number of aliphatic imine (C=N–C) groups is 1. The van der Waals surface area contributed by atoms with Gasteiger partial charge in [0.1, 0.15) is 11.9 Å². The van der Waals surface area contributed by atoms with Crippen molar-refractivity contribution in [3.8, 4) is 0 Å². The number of amides is 2. The highest BCUT2D eigenvalue weighted by atomic mass is 16.3.